The Balaban J connectivity index is 4.44. The summed E-state index contributed by atoms with van der Waals surface area (Å²) in [6, 6.07) is 0. The molecule has 0 aliphatic carbocycles. The molecule has 0 bridgehead atoms. The molecule has 0 spiro atoms. The van der Waals surface area contributed by atoms with Crippen molar-refractivity contribution < 1.29 is 13.2 Å². The lowest BCUT2D eigenvalue weighted by molar-refractivity contribution is 0.0904. The van der Waals surface area contributed by atoms with E-state index in [1.165, 1.54) is 4.31 Å². The van der Waals surface area contributed by atoms with Crippen LogP contribution in [0.5, 0.6) is 0 Å². The summed E-state index contributed by atoms with van der Waals surface area (Å²) in [5.74, 6) is 0.0259. The van der Waals surface area contributed by atoms with Crippen LogP contribution in [0.4, 0.5) is 0 Å². The fourth-order valence-electron chi connectivity index (χ4n) is 0.987. The van der Waals surface area contributed by atoms with Crippen LogP contribution in [-0.4, -0.2) is 49.1 Å². The van der Waals surface area contributed by atoms with Crippen molar-refractivity contribution in [3.63, 3.8) is 0 Å². The minimum atomic E-state index is -3.25. The van der Waals surface area contributed by atoms with Crippen LogP contribution in [0.25, 0.3) is 0 Å². The van der Waals surface area contributed by atoms with E-state index in [4.69, 9.17) is 4.74 Å². The van der Waals surface area contributed by atoms with Gasteiger partial charge in [-0.2, -0.15) is 4.31 Å². The van der Waals surface area contributed by atoms with Gasteiger partial charge in [-0.15, -0.1) is 0 Å². The molecule has 0 unspecified atom stereocenters. The Kier molecular flexibility index (Phi) is 6.47. The highest BCUT2D eigenvalue weighted by molar-refractivity contribution is 9.09. The maximum Gasteiger partial charge on any atom is 0.216 e. The number of rotatable bonds is 7. The van der Waals surface area contributed by atoms with Gasteiger partial charge in [0.05, 0.1) is 18.5 Å². The molecule has 16 heavy (non-hydrogen) atoms. The van der Waals surface area contributed by atoms with E-state index < -0.39 is 15.6 Å². The molecule has 0 aromatic carbocycles. The Morgan fingerprint density at radius 2 is 1.88 bits per heavy atom. The smallest absolute Gasteiger partial charge is 0.216 e. The summed E-state index contributed by atoms with van der Waals surface area (Å²) in [4.78, 5) is 0. The molecule has 0 atom stereocenters. The molecule has 0 heterocycles. The lowest BCUT2D eigenvalue weighted by atomic mass is 10.1. The van der Waals surface area contributed by atoms with E-state index in [2.05, 4.69) is 15.9 Å². The maximum absolute atomic E-state index is 11.9. The van der Waals surface area contributed by atoms with Crippen LogP contribution in [0.2, 0.25) is 0 Å². The van der Waals surface area contributed by atoms with Crippen molar-refractivity contribution in [1.82, 2.24) is 4.31 Å². The normalized spacial score (nSPS) is 13.8. The summed E-state index contributed by atoms with van der Waals surface area (Å²) in [5, 5.41) is 0.598. The summed E-state index contributed by atoms with van der Waals surface area (Å²) < 4.78 is 30.5. The summed E-state index contributed by atoms with van der Waals surface area (Å²) >= 11 is 3.32. The number of hydrogen-bond donors (Lipinski definition) is 0. The highest BCUT2D eigenvalue weighted by atomic mass is 79.9. The third-order valence-electron chi connectivity index (χ3n) is 2.39. The van der Waals surface area contributed by atoms with Gasteiger partial charge < -0.3 is 4.74 Å². The molecule has 4 nitrogen and oxygen atoms in total. The van der Waals surface area contributed by atoms with Crippen LogP contribution >= 0.6 is 15.9 Å². The average Bonchev–Trinajstić information content (AvgIpc) is 2.15. The van der Waals surface area contributed by atoms with Crippen LogP contribution in [0.3, 0.4) is 0 Å². The zero-order valence-corrected chi connectivity index (χ0v) is 13.1. The van der Waals surface area contributed by atoms with Crippen LogP contribution in [0.15, 0.2) is 0 Å². The second-order valence-electron chi connectivity index (χ2n) is 4.65. The van der Waals surface area contributed by atoms with Gasteiger partial charge in [0.25, 0.3) is 0 Å². The third-order valence-corrected chi connectivity index (χ3v) is 5.77. The Hall–Kier alpha value is 0.350. The van der Waals surface area contributed by atoms with Crippen molar-refractivity contribution >= 4 is 26.0 Å². The Labute approximate surface area is 108 Å². The standard InChI is InChI=1S/C10H22BrNO3S/c1-9(2)15-6-7-16(13,14)12(5)10(3,4)8-11/h9H,6-8H2,1-5H3. The van der Waals surface area contributed by atoms with Crippen molar-refractivity contribution in [1.29, 1.82) is 0 Å². The van der Waals surface area contributed by atoms with Crippen molar-refractivity contribution in [2.24, 2.45) is 0 Å². The fraction of sp³-hybridized carbons (Fsp3) is 1.00. The molecule has 0 aliphatic rings. The fourth-order valence-corrected chi connectivity index (χ4v) is 2.93. The Bertz CT molecular complexity index is 301. The predicted octanol–water partition coefficient (Wildman–Crippen LogP) is 1.85. The first-order valence-corrected chi connectivity index (χ1v) is 8.01. The first-order valence-electron chi connectivity index (χ1n) is 5.28. The second kappa shape index (κ2) is 6.33. The molecule has 98 valence electrons. The molecule has 0 saturated heterocycles. The maximum atomic E-state index is 11.9. The number of ether oxygens (including phenoxy) is 1. The molecule has 0 aromatic heterocycles. The van der Waals surface area contributed by atoms with Crippen LogP contribution in [-0.2, 0) is 14.8 Å². The Morgan fingerprint density at radius 3 is 2.25 bits per heavy atom. The minimum absolute atomic E-state index is 0.0259. The minimum Gasteiger partial charge on any atom is -0.378 e. The van der Waals surface area contributed by atoms with Gasteiger partial charge in [0, 0.05) is 17.9 Å². The summed E-state index contributed by atoms with van der Waals surface area (Å²) in [7, 11) is -1.64. The van der Waals surface area contributed by atoms with E-state index >= 15 is 0 Å². The first-order chi connectivity index (χ1) is 7.13. The summed E-state index contributed by atoms with van der Waals surface area (Å²) in [5.41, 5.74) is -0.420. The van der Waals surface area contributed by atoms with Crippen molar-refractivity contribution in [3.8, 4) is 0 Å². The highest BCUT2D eigenvalue weighted by Crippen LogP contribution is 2.19. The molecule has 0 fully saturated rings. The number of alkyl halides is 1. The predicted molar refractivity (Wildman–Crippen MR) is 70.5 cm³/mol. The van der Waals surface area contributed by atoms with Gasteiger partial charge in [-0.3, -0.25) is 0 Å². The largest absolute Gasteiger partial charge is 0.378 e. The van der Waals surface area contributed by atoms with E-state index in [-0.39, 0.29) is 18.5 Å². The zero-order chi connectivity index (χ0) is 13.0. The Morgan fingerprint density at radius 1 is 1.38 bits per heavy atom. The van der Waals surface area contributed by atoms with Crippen molar-refractivity contribution in [2.45, 2.75) is 39.3 Å². The van der Waals surface area contributed by atoms with Crippen molar-refractivity contribution in [2.75, 3.05) is 24.7 Å². The molecule has 0 radical (unpaired) electrons. The molecule has 0 aliphatic heterocycles. The van der Waals surface area contributed by atoms with Crippen LogP contribution in [0.1, 0.15) is 27.7 Å². The van der Waals surface area contributed by atoms with Gasteiger partial charge in [-0.25, -0.2) is 8.42 Å². The molecule has 0 aromatic rings. The topological polar surface area (TPSA) is 46.6 Å². The molecular weight excluding hydrogens is 294 g/mol. The molecule has 0 amide bonds. The van der Waals surface area contributed by atoms with Crippen LogP contribution < -0.4 is 0 Å². The SMILES string of the molecule is CC(C)OCCS(=O)(=O)N(C)C(C)(C)CBr. The van der Waals surface area contributed by atoms with E-state index in [1.807, 2.05) is 27.7 Å². The molecule has 0 saturated carbocycles. The number of halogens is 1. The lowest BCUT2D eigenvalue weighted by Crippen LogP contribution is -2.47. The lowest BCUT2D eigenvalue weighted by Gasteiger charge is -2.33. The first kappa shape index (κ1) is 16.4. The van der Waals surface area contributed by atoms with E-state index in [0.29, 0.717) is 5.33 Å². The van der Waals surface area contributed by atoms with Crippen molar-refractivity contribution in [3.05, 3.63) is 0 Å². The molecule has 6 heteroatoms. The van der Waals surface area contributed by atoms with Gasteiger partial charge in [0.2, 0.25) is 10.0 Å². The zero-order valence-electron chi connectivity index (χ0n) is 10.7. The number of sulfonamides is 1. The average molecular weight is 316 g/mol. The van der Waals surface area contributed by atoms with E-state index in [1.54, 1.807) is 7.05 Å². The van der Waals surface area contributed by atoms with Gasteiger partial charge in [0.15, 0.2) is 0 Å². The monoisotopic (exact) mass is 315 g/mol. The second-order valence-corrected chi connectivity index (χ2v) is 7.33. The molecular formula is C10H22BrNO3S. The van der Waals surface area contributed by atoms with E-state index in [9.17, 15) is 8.42 Å². The van der Waals surface area contributed by atoms with Gasteiger partial charge in [-0.1, -0.05) is 15.9 Å². The number of nitrogens with zero attached hydrogens (tertiary/aromatic N) is 1. The molecule has 0 N–H and O–H groups in total. The summed E-state index contributed by atoms with van der Waals surface area (Å²) in [6.45, 7) is 7.77. The highest BCUT2D eigenvalue weighted by Gasteiger charge is 2.31. The third kappa shape index (κ3) is 5.12. The molecule has 0 rings (SSSR count). The van der Waals surface area contributed by atoms with Crippen LogP contribution in [0, 0.1) is 0 Å². The summed E-state index contributed by atoms with van der Waals surface area (Å²) in [6.07, 6.45) is 0.0599. The van der Waals surface area contributed by atoms with Gasteiger partial charge in [-0.05, 0) is 27.7 Å². The quantitative estimate of drug-likeness (QED) is 0.674. The van der Waals surface area contributed by atoms with Gasteiger partial charge >= 0.3 is 0 Å². The number of hydrogen-bond acceptors (Lipinski definition) is 3. The van der Waals surface area contributed by atoms with Gasteiger partial charge in [0.1, 0.15) is 0 Å². The van der Waals surface area contributed by atoms with E-state index in [0.717, 1.165) is 0 Å².